The van der Waals surface area contributed by atoms with E-state index in [1.807, 2.05) is 0 Å². The lowest BCUT2D eigenvalue weighted by Gasteiger charge is -2.22. The van der Waals surface area contributed by atoms with Gasteiger partial charge in [0.25, 0.3) is 0 Å². The molecule has 5 nitrogen and oxygen atoms in total. The molecule has 2 rings (SSSR count). The normalized spacial score (nSPS) is 18.0. The van der Waals surface area contributed by atoms with Crippen molar-refractivity contribution < 1.29 is 9.47 Å². The second-order valence-corrected chi connectivity index (χ2v) is 6.46. The number of methoxy groups -OCH3 is 1. The highest BCUT2D eigenvalue weighted by atomic mass is 16.5. The van der Waals surface area contributed by atoms with Gasteiger partial charge in [0.15, 0.2) is 5.96 Å². The summed E-state index contributed by atoms with van der Waals surface area (Å²) in [5.74, 6) is 1.59. The van der Waals surface area contributed by atoms with E-state index in [9.17, 15) is 0 Å². The molecule has 0 saturated carbocycles. The smallest absolute Gasteiger partial charge is 0.194 e. The number of rotatable bonds is 9. The number of guanidine groups is 1. The zero-order chi connectivity index (χ0) is 17.9. The molecule has 0 bridgehead atoms. The molecule has 1 unspecified atom stereocenters. The van der Waals surface area contributed by atoms with Crippen molar-refractivity contribution in [1.82, 2.24) is 10.2 Å². The molecule has 25 heavy (non-hydrogen) atoms. The van der Waals surface area contributed by atoms with Crippen LogP contribution in [0.25, 0.3) is 0 Å². The highest BCUT2D eigenvalue weighted by Crippen LogP contribution is 2.17. The Balaban J connectivity index is 1.91. The Kier molecular flexibility index (Phi) is 8.77. The zero-order valence-electron chi connectivity index (χ0n) is 16.0. The lowest BCUT2D eigenvalue weighted by Crippen LogP contribution is -2.40. The van der Waals surface area contributed by atoms with Crippen molar-refractivity contribution in [2.24, 2.45) is 10.9 Å². The fourth-order valence-electron chi connectivity index (χ4n) is 3.20. The summed E-state index contributed by atoms with van der Waals surface area (Å²) in [7, 11) is 1.70. The molecule has 5 heteroatoms. The summed E-state index contributed by atoms with van der Waals surface area (Å²) in [5.41, 5.74) is 2.70. The van der Waals surface area contributed by atoms with Gasteiger partial charge < -0.3 is 19.7 Å². The van der Waals surface area contributed by atoms with Crippen molar-refractivity contribution in [2.75, 3.05) is 46.6 Å². The lowest BCUT2D eigenvalue weighted by molar-refractivity contribution is 0.0536. The Labute approximate surface area is 152 Å². The molecular weight excluding hydrogens is 314 g/mol. The van der Waals surface area contributed by atoms with Gasteiger partial charge in [0.1, 0.15) is 0 Å². The minimum Gasteiger partial charge on any atom is -0.382 e. The van der Waals surface area contributed by atoms with Crippen LogP contribution >= 0.6 is 0 Å². The molecule has 0 aliphatic carbocycles. The molecule has 1 atom stereocenters. The van der Waals surface area contributed by atoms with E-state index in [1.54, 1.807) is 7.11 Å². The monoisotopic (exact) mass is 347 g/mol. The molecule has 1 heterocycles. The number of aryl methyl sites for hydroxylation is 1. The Morgan fingerprint density at radius 1 is 1.24 bits per heavy atom. The van der Waals surface area contributed by atoms with Crippen LogP contribution in [-0.2, 0) is 22.4 Å². The van der Waals surface area contributed by atoms with Crippen LogP contribution in [0.1, 0.15) is 31.4 Å². The molecular formula is C20H33N3O2. The van der Waals surface area contributed by atoms with Gasteiger partial charge in [0, 0.05) is 32.7 Å². The SMILES string of the molecule is CCNC(=NCc1ccccc1CC)N1CCC(COCCOC)C1. The fourth-order valence-corrected chi connectivity index (χ4v) is 3.20. The van der Waals surface area contributed by atoms with Gasteiger partial charge in [-0.05, 0) is 30.9 Å². The summed E-state index contributed by atoms with van der Waals surface area (Å²) in [5, 5.41) is 3.44. The van der Waals surface area contributed by atoms with Gasteiger partial charge in [0.2, 0.25) is 0 Å². The molecule has 1 aliphatic rings. The number of ether oxygens (including phenoxy) is 2. The number of hydrogen-bond donors (Lipinski definition) is 1. The van der Waals surface area contributed by atoms with Crippen molar-refractivity contribution in [2.45, 2.75) is 33.2 Å². The Morgan fingerprint density at radius 3 is 2.76 bits per heavy atom. The summed E-state index contributed by atoms with van der Waals surface area (Å²) < 4.78 is 10.7. The van der Waals surface area contributed by atoms with Gasteiger partial charge in [-0.2, -0.15) is 0 Å². The maximum atomic E-state index is 5.69. The van der Waals surface area contributed by atoms with Gasteiger partial charge in [0.05, 0.1) is 26.4 Å². The zero-order valence-corrected chi connectivity index (χ0v) is 16.0. The molecule has 1 aromatic carbocycles. The van der Waals surface area contributed by atoms with Crippen LogP contribution in [0.5, 0.6) is 0 Å². The third-order valence-electron chi connectivity index (χ3n) is 4.60. The third-order valence-corrected chi connectivity index (χ3v) is 4.60. The topological polar surface area (TPSA) is 46.1 Å². The van der Waals surface area contributed by atoms with Crippen molar-refractivity contribution in [3.05, 3.63) is 35.4 Å². The molecule has 1 saturated heterocycles. The van der Waals surface area contributed by atoms with Crippen LogP contribution in [-0.4, -0.2) is 57.4 Å². The molecule has 0 spiro atoms. The first-order valence-electron chi connectivity index (χ1n) is 9.45. The lowest BCUT2D eigenvalue weighted by atomic mass is 10.1. The van der Waals surface area contributed by atoms with E-state index >= 15 is 0 Å². The number of benzene rings is 1. The predicted octanol–water partition coefficient (Wildman–Crippen LogP) is 2.70. The molecule has 1 fully saturated rings. The largest absolute Gasteiger partial charge is 0.382 e. The quantitative estimate of drug-likeness (QED) is 0.424. The van der Waals surface area contributed by atoms with Gasteiger partial charge in [-0.1, -0.05) is 31.2 Å². The first kappa shape index (κ1) is 19.7. The highest BCUT2D eigenvalue weighted by molar-refractivity contribution is 5.80. The Bertz CT molecular complexity index is 533. The number of nitrogens with zero attached hydrogens (tertiary/aromatic N) is 2. The fraction of sp³-hybridized carbons (Fsp3) is 0.650. The molecule has 1 N–H and O–H groups in total. The van der Waals surface area contributed by atoms with Crippen LogP contribution in [0, 0.1) is 5.92 Å². The molecule has 1 aliphatic heterocycles. The van der Waals surface area contributed by atoms with Crippen LogP contribution in [0.2, 0.25) is 0 Å². The third kappa shape index (κ3) is 6.33. The average molecular weight is 348 g/mol. The van der Waals surface area contributed by atoms with Crippen molar-refractivity contribution >= 4 is 5.96 Å². The first-order chi connectivity index (χ1) is 12.3. The van der Waals surface area contributed by atoms with Crippen LogP contribution in [0.3, 0.4) is 0 Å². The summed E-state index contributed by atoms with van der Waals surface area (Å²) in [4.78, 5) is 7.25. The van der Waals surface area contributed by atoms with Crippen molar-refractivity contribution in [3.8, 4) is 0 Å². The number of hydrogen-bond acceptors (Lipinski definition) is 3. The number of likely N-dealkylation sites (tertiary alicyclic amines) is 1. The average Bonchev–Trinajstić information content (AvgIpc) is 3.11. The number of nitrogens with one attached hydrogen (secondary N) is 1. The van der Waals surface area contributed by atoms with E-state index in [0.717, 1.165) is 51.6 Å². The van der Waals surface area contributed by atoms with E-state index in [-0.39, 0.29) is 0 Å². The van der Waals surface area contributed by atoms with Gasteiger partial charge >= 0.3 is 0 Å². The minimum atomic E-state index is 0.573. The van der Waals surface area contributed by atoms with E-state index < -0.39 is 0 Å². The molecule has 0 radical (unpaired) electrons. The van der Waals surface area contributed by atoms with Gasteiger partial charge in [-0.3, -0.25) is 0 Å². The van der Waals surface area contributed by atoms with Gasteiger partial charge in [-0.25, -0.2) is 4.99 Å². The number of aliphatic imine (C=N–C) groups is 1. The molecule has 1 aromatic rings. The maximum Gasteiger partial charge on any atom is 0.194 e. The summed E-state index contributed by atoms with van der Waals surface area (Å²) >= 11 is 0. The van der Waals surface area contributed by atoms with Crippen molar-refractivity contribution in [1.29, 1.82) is 0 Å². The van der Waals surface area contributed by atoms with Crippen molar-refractivity contribution in [3.63, 3.8) is 0 Å². The van der Waals surface area contributed by atoms with E-state index in [1.165, 1.54) is 11.1 Å². The molecule has 0 aromatic heterocycles. The maximum absolute atomic E-state index is 5.69. The standard InChI is InChI=1S/C20H33N3O2/c1-4-18-8-6-7-9-19(18)14-22-20(21-5-2)23-11-10-17(15-23)16-25-13-12-24-3/h6-9,17H,4-5,10-16H2,1-3H3,(H,21,22). The predicted molar refractivity (Wildman–Crippen MR) is 103 cm³/mol. The van der Waals surface area contributed by atoms with Crippen LogP contribution < -0.4 is 5.32 Å². The summed E-state index contributed by atoms with van der Waals surface area (Å²) in [6.45, 7) is 10.1. The summed E-state index contributed by atoms with van der Waals surface area (Å²) in [6.07, 6.45) is 2.20. The van der Waals surface area contributed by atoms with E-state index in [0.29, 0.717) is 19.1 Å². The summed E-state index contributed by atoms with van der Waals surface area (Å²) in [6, 6.07) is 8.58. The second-order valence-electron chi connectivity index (χ2n) is 6.46. The van der Waals surface area contributed by atoms with E-state index in [2.05, 4.69) is 48.3 Å². The highest BCUT2D eigenvalue weighted by Gasteiger charge is 2.24. The Hall–Kier alpha value is -1.59. The van der Waals surface area contributed by atoms with Gasteiger partial charge in [-0.15, -0.1) is 0 Å². The van der Waals surface area contributed by atoms with E-state index in [4.69, 9.17) is 14.5 Å². The first-order valence-corrected chi connectivity index (χ1v) is 9.45. The minimum absolute atomic E-state index is 0.573. The second kappa shape index (κ2) is 11.1. The molecule has 140 valence electrons. The molecule has 0 amide bonds. The van der Waals surface area contributed by atoms with Crippen LogP contribution in [0.15, 0.2) is 29.3 Å². The van der Waals surface area contributed by atoms with Crippen LogP contribution in [0.4, 0.5) is 0 Å². The Morgan fingerprint density at radius 2 is 2.04 bits per heavy atom.